The summed E-state index contributed by atoms with van der Waals surface area (Å²) >= 11 is 0. The molecule has 0 aromatic carbocycles. The van der Waals surface area contributed by atoms with Gasteiger partial charge in [0.2, 0.25) is 0 Å². The molecule has 0 saturated heterocycles. The lowest BCUT2D eigenvalue weighted by Gasteiger charge is -2.23. The second-order valence-corrected chi connectivity index (χ2v) is 4.71. The quantitative estimate of drug-likeness (QED) is 0.482. The lowest BCUT2D eigenvalue weighted by atomic mass is 9.86. The summed E-state index contributed by atoms with van der Waals surface area (Å²) < 4.78 is 0. The molecule has 0 aromatic rings. The standard InChI is InChI=1S/C8H16Si/c9-6-8-3-1-7(5-8)2-4-8/h7H,1-6H2,9H3. The molecule has 0 aliphatic heterocycles. The van der Waals surface area contributed by atoms with Crippen LogP contribution in [0.3, 0.4) is 0 Å². The fourth-order valence-electron chi connectivity index (χ4n) is 2.81. The van der Waals surface area contributed by atoms with Gasteiger partial charge in [-0.25, -0.2) is 0 Å². The van der Waals surface area contributed by atoms with Crippen molar-refractivity contribution >= 4 is 10.2 Å². The second-order valence-electron chi connectivity index (χ2n) is 4.00. The highest BCUT2D eigenvalue weighted by Gasteiger charge is 2.42. The predicted molar refractivity (Wildman–Crippen MR) is 43.8 cm³/mol. The Hall–Kier alpha value is 0.217. The Morgan fingerprint density at radius 1 is 1.33 bits per heavy atom. The normalized spacial score (nSPS) is 48.7. The molecular formula is C8H16Si. The van der Waals surface area contributed by atoms with Crippen LogP contribution >= 0.6 is 0 Å². The molecule has 2 aliphatic carbocycles. The molecule has 2 bridgehead atoms. The summed E-state index contributed by atoms with van der Waals surface area (Å²) in [5.74, 6) is 1.17. The SMILES string of the molecule is [SiH3]CC12CCC(CC1)C2. The van der Waals surface area contributed by atoms with Crippen molar-refractivity contribution in [2.45, 2.75) is 38.1 Å². The first kappa shape index (κ1) is 5.96. The first-order valence-corrected chi connectivity index (χ1v) is 5.76. The summed E-state index contributed by atoms with van der Waals surface area (Å²) in [4.78, 5) is 0. The van der Waals surface area contributed by atoms with Crippen LogP contribution in [0.2, 0.25) is 6.04 Å². The number of hydrogen-bond acceptors (Lipinski definition) is 0. The van der Waals surface area contributed by atoms with Crippen LogP contribution in [0, 0.1) is 11.3 Å². The van der Waals surface area contributed by atoms with Crippen molar-refractivity contribution in [1.29, 1.82) is 0 Å². The van der Waals surface area contributed by atoms with Gasteiger partial charge >= 0.3 is 0 Å². The van der Waals surface area contributed by atoms with Crippen molar-refractivity contribution in [3.63, 3.8) is 0 Å². The molecule has 52 valence electrons. The van der Waals surface area contributed by atoms with E-state index in [1.807, 2.05) is 0 Å². The summed E-state index contributed by atoms with van der Waals surface area (Å²) in [5.41, 5.74) is 0.914. The van der Waals surface area contributed by atoms with Crippen molar-refractivity contribution in [3.05, 3.63) is 0 Å². The largest absolute Gasteiger partial charge is 0.0603 e. The van der Waals surface area contributed by atoms with Gasteiger partial charge in [0.1, 0.15) is 0 Å². The molecule has 9 heavy (non-hydrogen) atoms. The zero-order valence-corrected chi connectivity index (χ0v) is 8.32. The van der Waals surface area contributed by atoms with E-state index in [9.17, 15) is 0 Å². The number of rotatable bonds is 1. The van der Waals surface area contributed by atoms with Crippen molar-refractivity contribution in [2.24, 2.45) is 11.3 Å². The topological polar surface area (TPSA) is 0 Å². The molecule has 2 aliphatic rings. The maximum Gasteiger partial charge on any atom is 0.00350 e. The van der Waals surface area contributed by atoms with Crippen LogP contribution in [0.5, 0.6) is 0 Å². The van der Waals surface area contributed by atoms with Crippen LogP contribution in [0.4, 0.5) is 0 Å². The zero-order chi connectivity index (χ0) is 6.32. The molecule has 0 heterocycles. The highest BCUT2D eigenvalue weighted by atomic mass is 28.1. The van der Waals surface area contributed by atoms with E-state index in [1.54, 1.807) is 38.1 Å². The highest BCUT2D eigenvalue weighted by molar-refractivity contribution is 6.09. The van der Waals surface area contributed by atoms with Gasteiger partial charge in [-0.1, -0.05) is 6.04 Å². The molecule has 0 radical (unpaired) electrons. The third-order valence-corrected chi connectivity index (χ3v) is 5.14. The molecule has 0 spiro atoms. The smallest absolute Gasteiger partial charge is 0.00350 e. The van der Waals surface area contributed by atoms with Gasteiger partial charge < -0.3 is 0 Å². The third kappa shape index (κ3) is 0.777. The fourth-order valence-corrected chi connectivity index (χ4v) is 3.80. The van der Waals surface area contributed by atoms with E-state index in [1.165, 1.54) is 16.2 Å². The molecule has 2 fully saturated rings. The molecule has 0 nitrogen and oxygen atoms in total. The third-order valence-electron chi connectivity index (χ3n) is 3.64. The van der Waals surface area contributed by atoms with Gasteiger partial charge in [0.15, 0.2) is 0 Å². The first-order valence-electron chi connectivity index (χ1n) is 4.35. The lowest BCUT2D eigenvalue weighted by Crippen LogP contribution is -2.11. The van der Waals surface area contributed by atoms with Crippen molar-refractivity contribution in [1.82, 2.24) is 0 Å². The molecule has 2 saturated carbocycles. The summed E-state index contributed by atoms with van der Waals surface area (Å²) in [6.07, 6.45) is 7.92. The lowest BCUT2D eigenvalue weighted by molar-refractivity contribution is 0.333. The van der Waals surface area contributed by atoms with Crippen molar-refractivity contribution in [2.75, 3.05) is 0 Å². The minimum Gasteiger partial charge on any atom is -0.0603 e. The molecule has 0 unspecified atom stereocenters. The summed E-state index contributed by atoms with van der Waals surface area (Å²) in [5, 5.41) is 0. The van der Waals surface area contributed by atoms with Gasteiger partial charge in [-0.3, -0.25) is 0 Å². The van der Waals surface area contributed by atoms with Crippen molar-refractivity contribution < 1.29 is 0 Å². The van der Waals surface area contributed by atoms with E-state index in [0.717, 1.165) is 5.41 Å². The fraction of sp³-hybridized carbons (Fsp3) is 1.00. The van der Waals surface area contributed by atoms with E-state index in [4.69, 9.17) is 0 Å². The van der Waals surface area contributed by atoms with Gasteiger partial charge in [0.25, 0.3) is 0 Å². The molecular weight excluding hydrogens is 124 g/mol. The average molecular weight is 140 g/mol. The van der Waals surface area contributed by atoms with E-state index < -0.39 is 0 Å². The Bertz CT molecular complexity index is 112. The number of fused-ring (bicyclic) bond motifs is 2. The van der Waals surface area contributed by atoms with Crippen LogP contribution in [0.25, 0.3) is 0 Å². The highest BCUT2D eigenvalue weighted by Crippen LogP contribution is 2.55. The van der Waals surface area contributed by atoms with Gasteiger partial charge in [-0.2, -0.15) is 0 Å². The minimum absolute atomic E-state index is 0.914. The zero-order valence-electron chi connectivity index (χ0n) is 6.32. The summed E-state index contributed by atoms with van der Waals surface area (Å²) in [6, 6.07) is 1.59. The maximum absolute atomic E-state index is 1.61. The van der Waals surface area contributed by atoms with Crippen LogP contribution in [-0.4, -0.2) is 10.2 Å². The first-order chi connectivity index (χ1) is 4.35. The minimum atomic E-state index is 0.914. The predicted octanol–water partition coefficient (Wildman–Crippen LogP) is 1.35. The Labute approximate surface area is 60.5 Å². The maximum atomic E-state index is 1.61. The van der Waals surface area contributed by atoms with Crippen LogP contribution in [0.15, 0.2) is 0 Å². The molecule has 0 atom stereocenters. The van der Waals surface area contributed by atoms with E-state index in [-0.39, 0.29) is 0 Å². The Morgan fingerprint density at radius 3 is 2.22 bits per heavy atom. The molecule has 0 amide bonds. The van der Waals surface area contributed by atoms with E-state index in [2.05, 4.69) is 0 Å². The average Bonchev–Trinajstić information content (AvgIpc) is 2.46. The summed E-state index contributed by atoms with van der Waals surface area (Å²) in [6.45, 7) is 0. The van der Waals surface area contributed by atoms with E-state index >= 15 is 0 Å². The Morgan fingerprint density at radius 2 is 2.00 bits per heavy atom. The molecule has 0 N–H and O–H groups in total. The van der Waals surface area contributed by atoms with Gasteiger partial charge in [0, 0.05) is 10.2 Å². The Balaban J connectivity index is 2.13. The Kier molecular flexibility index (Phi) is 1.22. The second kappa shape index (κ2) is 1.85. The van der Waals surface area contributed by atoms with Crippen molar-refractivity contribution in [3.8, 4) is 0 Å². The van der Waals surface area contributed by atoms with Gasteiger partial charge in [-0.15, -0.1) is 0 Å². The van der Waals surface area contributed by atoms with Crippen LogP contribution in [0.1, 0.15) is 32.1 Å². The van der Waals surface area contributed by atoms with Gasteiger partial charge in [0.05, 0.1) is 0 Å². The molecule has 0 aromatic heterocycles. The number of hydrogen-bond donors (Lipinski definition) is 0. The van der Waals surface area contributed by atoms with Gasteiger partial charge in [-0.05, 0) is 43.4 Å². The summed E-state index contributed by atoms with van der Waals surface area (Å²) in [7, 11) is 1.44. The van der Waals surface area contributed by atoms with Crippen LogP contribution in [-0.2, 0) is 0 Å². The molecule has 1 heteroatoms. The molecule has 2 rings (SSSR count). The van der Waals surface area contributed by atoms with Crippen LogP contribution < -0.4 is 0 Å². The monoisotopic (exact) mass is 140 g/mol. The van der Waals surface area contributed by atoms with E-state index in [0.29, 0.717) is 0 Å².